The molecule has 0 aromatic heterocycles. The van der Waals surface area contributed by atoms with E-state index < -0.39 is 0 Å². The Kier molecular flexibility index (Phi) is 5.20. The SMILES string of the molecule is C=CCN(CCOC)C(=O)c1cc(O)ccc1O. The lowest BCUT2D eigenvalue weighted by Crippen LogP contribution is -2.34. The maximum absolute atomic E-state index is 12.2. The Morgan fingerprint density at radius 1 is 1.50 bits per heavy atom. The third kappa shape index (κ3) is 3.49. The molecule has 5 nitrogen and oxygen atoms in total. The number of hydrogen-bond acceptors (Lipinski definition) is 4. The van der Waals surface area contributed by atoms with Crippen LogP contribution in [0.4, 0.5) is 0 Å². The fourth-order valence-corrected chi connectivity index (χ4v) is 1.50. The highest BCUT2D eigenvalue weighted by Gasteiger charge is 2.18. The van der Waals surface area contributed by atoms with E-state index in [4.69, 9.17) is 4.74 Å². The molecule has 0 aliphatic carbocycles. The standard InChI is InChI=1S/C13H17NO4/c1-3-6-14(7-8-18-2)13(17)11-9-10(15)4-5-12(11)16/h3-5,9,15-16H,1,6-8H2,2H3. The van der Waals surface area contributed by atoms with E-state index in [1.165, 1.54) is 23.1 Å². The minimum Gasteiger partial charge on any atom is -0.508 e. The van der Waals surface area contributed by atoms with E-state index in [-0.39, 0.29) is 23.0 Å². The molecule has 1 aromatic rings. The van der Waals surface area contributed by atoms with Gasteiger partial charge >= 0.3 is 0 Å². The molecule has 1 aromatic carbocycles. The summed E-state index contributed by atoms with van der Waals surface area (Å²) in [6.45, 7) is 4.70. The van der Waals surface area contributed by atoms with Crippen molar-refractivity contribution in [2.75, 3.05) is 26.8 Å². The van der Waals surface area contributed by atoms with Crippen LogP contribution in [-0.2, 0) is 4.74 Å². The summed E-state index contributed by atoms with van der Waals surface area (Å²) in [5.41, 5.74) is 0.0629. The minimum atomic E-state index is -0.375. The van der Waals surface area contributed by atoms with Crippen molar-refractivity contribution in [1.82, 2.24) is 4.90 Å². The molecule has 0 radical (unpaired) electrons. The highest BCUT2D eigenvalue weighted by Crippen LogP contribution is 2.23. The number of carbonyl (C=O) groups is 1. The van der Waals surface area contributed by atoms with Crippen LogP contribution in [-0.4, -0.2) is 47.8 Å². The summed E-state index contributed by atoms with van der Waals surface area (Å²) in [6, 6.07) is 3.84. The Balaban J connectivity index is 2.93. The highest BCUT2D eigenvalue weighted by atomic mass is 16.5. The fraction of sp³-hybridized carbons (Fsp3) is 0.308. The van der Waals surface area contributed by atoms with E-state index in [1.54, 1.807) is 13.2 Å². The van der Waals surface area contributed by atoms with Gasteiger partial charge in [0.05, 0.1) is 12.2 Å². The molecular formula is C13H17NO4. The number of phenols is 2. The lowest BCUT2D eigenvalue weighted by Gasteiger charge is -2.21. The summed E-state index contributed by atoms with van der Waals surface area (Å²) in [6.07, 6.45) is 1.59. The second-order valence-electron chi connectivity index (χ2n) is 3.73. The quantitative estimate of drug-likeness (QED) is 0.592. The van der Waals surface area contributed by atoms with Crippen LogP contribution in [0.2, 0.25) is 0 Å². The summed E-state index contributed by atoms with van der Waals surface area (Å²) in [5.74, 6) is -0.605. The first-order valence-electron chi connectivity index (χ1n) is 5.51. The number of rotatable bonds is 6. The minimum absolute atomic E-state index is 0.0629. The maximum atomic E-state index is 12.2. The Morgan fingerprint density at radius 2 is 2.22 bits per heavy atom. The second kappa shape index (κ2) is 6.66. The molecule has 0 bridgehead atoms. The molecule has 0 atom stereocenters. The lowest BCUT2D eigenvalue weighted by molar-refractivity contribution is 0.0715. The summed E-state index contributed by atoms with van der Waals surface area (Å²) in [5, 5.41) is 19.0. The number of carbonyl (C=O) groups excluding carboxylic acids is 1. The van der Waals surface area contributed by atoms with Crippen LogP contribution in [0.5, 0.6) is 11.5 Å². The molecule has 2 N–H and O–H groups in total. The number of amides is 1. The van der Waals surface area contributed by atoms with Crippen molar-refractivity contribution in [3.8, 4) is 11.5 Å². The number of phenolic OH excluding ortho intramolecular Hbond substituents is 2. The number of benzene rings is 1. The van der Waals surface area contributed by atoms with Gasteiger partial charge in [-0.05, 0) is 18.2 Å². The van der Waals surface area contributed by atoms with Crippen molar-refractivity contribution in [1.29, 1.82) is 0 Å². The van der Waals surface area contributed by atoms with Crippen LogP contribution >= 0.6 is 0 Å². The Labute approximate surface area is 106 Å². The molecule has 0 heterocycles. The molecule has 5 heteroatoms. The summed E-state index contributed by atoms with van der Waals surface area (Å²) >= 11 is 0. The molecule has 0 fully saturated rings. The van der Waals surface area contributed by atoms with E-state index in [1.807, 2.05) is 0 Å². The first kappa shape index (κ1) is 14.1. The van der Waals surface area contributed by atoms with E-state index in [0.29, 0.717) is 19.7 Å². The molecule has 0 unspecified atom stereocenters. The van der Waals surface area contributed by atoms with E-state index >= 15 is 0 Å². The molecular weight excluding hydrogens is 234 g/mol. The van der Waals surface area contributed by atoms with Crippen molar-refractivity contribution in [2.24, 2.45) is 0 Å². The largest absolute Gasteiger partial charge is 0.508 e. The summed E-state index contributed by atoms with van der Waals surface area (Å²) in [7, 11) is 1.54. The normalized spacial score (nSPS) is 10.1. The van der Waals surface area contributed by atoms with E-state index in [9.17, 15) is 15.0 Å². The first-order valence-corrected chi connectivity index (χ1v) is 5.51. The van der Waals surface area contributed by atoms with Crippen molar-refractivity contribution >= 4 is 5.91 Å². The van der Waals surface area contributed by atoms with Crippen LogP contribution in [0.3, 0.4) is 0 Å². The molecule has 0 aliphatic heterocycles. The van der Waals surface area contributed by atoms with Gasteiger partial charge in [0.2, 0.25) is 0 Å². The number of hydrogen-bond donors (Lipinski definition) is 2. The number of methoxy groups -OCH3 is 1. The van der Waals surface area contributed by atoms with Gasteiger partial charge in [-0.2, -0.15) is 0 Å². The third-order valence-electron chi connectivity index (χ3n) is 2.41. The average molecular weight is 251 g/mol. The molecule has 1 rings (SSSR count). The first-order chi connectivity index (χ1) is 8.60. The average Bonchev–Trinajstić information content (AvgIpc) is 2.36. The van der Waals surface area contributed by atoms with Crippen LogP contribution in [0.1, 0.15) is 10.4 Å². The Bertz CT molecular complexity index is 431. The van der Waals surface area contributed by atoms with Gasteiger partial charge in [-0.15, -0.1) is 6.58 Å². The number of nitrogens with zero attached hydrogens (tertiary/aromatic N) is 1. The second-order valence-corrected chi connectivity index (χ2v) is 3.73. The molecule has 1 amide bonds. The monoisotopic (exact) mass is 251 g/mol. The van der Waals surface area contributed by atoms with Crippen LogP contribution < -0.4 is 0 Å². The molecule has 0 spiro atoms. The van der Waals surface area contributed by atoms with Crippen LogP contribution in [0.25, 0.3) is 0 Å². The van der Waals surface area contributed by atoms with Gasteiger partial charge in [0, 0.05) is 20.2 Å². The highest BCUT2D eigenvalue weighted by molar-refractivity contribution is 5.97. The zero-order chi connectivity index (χ0) is 13.5. The van der Waals surface area contributed by atoms with Gasteiger partial charge in [0.25, 0.3) is 5.91 Å². The van der Waals surface area contributed by atoms with Gasteiger partial charge in [0.15, 0.2) is 0 Å². The summed E-state index contributed by atoms with van der Waals surface area (Å²) in [4.78, 5) is 13.6. The van der Waals surface area contributed by atoms with Crippen LogP contribution in [0, 0.1) is 0 Å². The van der Waals surface area contributed by atoms with Crippen molar-refractivity contribution in [2.45, 2.75) is 0 Å². The lowest BCUT2D eigenvalue weighted by atomic mass is 10.1. The van der Waals surface area contributed by atoms with Gasteiger partial charge in [-0.3, -0.25) is 4.79 Å². The number of ether oxygens (including phenoxy) is 1. The molecule has 98 valence electrons. The molecule has 18 heavy (non-hydrogen) atoms. The van der Waals surface area contributed by atoms with Gasteiger partial charge in [-0.25, -0.2) is 0 Å². The molecule has 0 saturated carbocycles. The third-order valence-corrected chi connectivity index (χ3v) is 2.41. The van der Waals surface area contributed by atoms with E-state index in [2.05, 4.69) is 6.58 Å². The van der Waals surface area contributed by atoms with Gasteiger partial charge < -0.3 is 19.8 Å². The van der Waals surface area contributed by atoms with Gasteiger partial charge in [0.1, 0.15) is 11.5 Å². The van der Waals surface area contributed by atoms with Crippen molar-refractivity contribution in [3.63, 3.8) is 0 Å². The molecule has 0 saturated heterocycles. The van der Waals surface area contributed by atoms with Crippen LogP contribution in [0.15, 0.2) is 30.9 Å². The Hall–Kier alpha value is -2.01. The van der Waals surface area contributed by atoms with Crippen molar-refractivity contribution in [3.05, 3.63) is 36.4 Å². The fourth-order valence-electron chi connectivity index (χ4n) is 1.50. The zero-order valence-electron chi connectivity index (χ0n) is 10.3. The number of aromatic hydroxyl groups is 2. The van der Waals surface area contributed by atoms with Gasteiger partial charge in [-0.1, -0.05) is 6.08 Å². The zero-order valence-corrected chi connectivity index (χ0v) is 10.3. The summed E-state index contributed by atoms with van der Waals surface area (Å²) < 4.78 is 4.92. The predicted octanol–water partition coefficient (Wildman–Crippen LogP) is 1.37. The van der Waals surface area contributed by atoms with Crippen molar-refractivity contribution < 1.29 is 19.7 Å². The topological polar surface area (TPSA) is 70.0 Å². The smallest absolute Gasteiger partial charge is 0.258 e. The Morgan fingerprint density at radius 3 is 2.83 bits per heavy atom. The maximum Gasteiger partial charge on any atom is 0.258 e. The van der Waals surface area contributed by atoms with E-state index in [0.717, 1.165) is 0 Å². The predicted molar refractivity (Wildman–Crippen MR) is 67.7 cm³/mol. The molecule has 0 aliphatic rings.